The summed E-state index contributed by atoms with van der Waals surface area (Å²) in [4.78, 5) is 11.8. The van der Waals surface area contributed by atoms with Crippen molar-refractivity contribution in [2.75, 3.05) is 13.2 Å². The molecule has 0 radical (unpaired) electrons. The van der Waals surface area contributed by atoms with E-state index in [2.05, 4.69) is 23.7 Å². The highest BCUT2D eigenvalue weighted by Gasteiger charge is 2.15. The number of carbonyl (C=O) groups excluding carboxylic acids is 1. The van der Waals surface area contributed by atoms with Crippen LogP contribution in [0.5, 0.6) is 5.75 Å². The minimum Gasteiger partial charge on any atom is -0.481 e. The van der Waals surface area contributed by atoms with E-state index >= 15 is 0 Å². The normalized spacial score (nSPS) is 13.8. The molecule has 1 aliphatic rings. The second kappa shape index (κ2) is 10.5. The average Bonchev–Trinajstić information content (AvgIpc) is 3.11. The number of allylic oxidation sites excluding steroid dienone is 1. The van der Waals surface area contributed by atoms with Gasteiger partial charge in [0.1, 0.15) is 12.4 Å². The summed E-state index contributed by atoms with van der Waals surface area (Å²) < 4.78 is 5.68. The molecule has 1 aromatic rings. The predicted molar refractivity (Wildman–Crippen MR) is 97.8 cm³/mol. The van der Waals surface area contributed by atoms with Gasteiger partial charge in [0.05, 0.1) is 6.54 Å². The molecule has 0 atom stereocenters. The second-order valence-electron chi connectivity index (χ2n) is 6.21. The van der Waals surface area contributed by atoms with Crippen molar-refractivity contribution in [1.29, 1.82) is 0 Å². The largest absolute Gasteiger partial charge is 0.481 e. The zero-order valence-electron chi connectivity index (χ0n) is 14.4. The predicted octanol–water partition coefficient (Wildman–Crippen LogP) is 3.88. The molecule has 128 valence electrons. The Bertz CT molecular complexity index is 591. The van der Waals surface area contributed by atoms with Crippen molar-refractivity contribution < 1.29 is 9.53 Å². The Morgan fingerprint density at radius 3 is 2.88 bits per heavy atom. The van der Waals surface area contributed by atoms with Crippen molar-refractivity contribution in [3.63, 3.8) is 0 Å². The van der Waals surface area contributed by atoms with Gasteiger partial charge >= 0.3 is 0 Å². The summed E-state index contributed by atoms with van der Waals surface area (Å²) in [6.45, 7) is 4.47. The molecule has 0 aliphatic heterocycles. The van der Waals surface area contributed by atoms with Crippen LogP contribution in [0.3, 0.4) is 0 Å². The topological polar surface area (TPSA) is 38.3 Å². The van der Waals surface area contributed by atoms with Crippen LogP contribution in [0.2, 0.25) is 0 Å². The van der Waals surface area contributed by atoms with E-state index in [1.807, 2.05) is 30.3 Å². The molecule has 24 heavy (non-hydrogen) atoms. The minimum atomic E-state index is 0.105. The zero-order valence-corrected chi connectivity index (χ0v) is 14.4. The zero-order chi connectivity index (χ0) is 17.0. The maximum absolute atomic E-state index is 11.8. The van der Waals surface area contributed by atoms with E-state index in [0.29, 0.717) is 19.6 Å². The van der Waals surface area contributed by atoms with Gasteiger partial charge in [-0.2, -0.15) is 0 Å². The molecule has 0 saturated heterocycles. The maximum atomic E-state index is 11.8. The molecule has 2 rings (SSSR count). The molecule has 1 fully saturated rings. The molecule has 1 saturated carbocycles. The Kier molecular flexibility index (Phi) is 7.97. The summed E-state index contributed by atoms with van der Waals surface area (Å²) in [6, 6.07) is 7.89. The Hall–Kier alpha value is -2.21. The van der Waals surface area contributed by atoms with Gasteiger partial charge in [0.2, 0.25) is 5.91 Å². The summed E-state index contributed by atoms with van der Waals surface area (Å²) in [5, 5.41) is 2.86. The van der Waals surface area contributed by atoms with Crippen LogP contribution in [0.15, 0.2) is 36.9 Å². The molecule has 3 heteroatoms. The summed E-state index contributed by atoms with van der Waals surface area (Å²) in [7, 11) is 0. The van der Waals surface area contributed by atoms with Crippen molar-refractivity contribution in [2.24, 2.45) is 5.92 Å². The van der Waals surface area contributed by atoms with Crippen LogP contribution >= 0.6 is 0 Å². The first-order valence-electron chi connectivity index (χ1n) is 8.83. The fraction of sp³-hybridized carbons (Fsp3) is 0.476. The first kappa shape index (κ1) is 18.1. The van der Waals surface area contributed by atoms with Crippen LogP contribution in [0, 0.1) is 17.8 Å². The van der Waals surface area contributed by atoms with Crippen molar-refractivity contribution in [3.05, 3.63) is 42.5 Å². The van der Waals surface area contributed by atoms with Gasteiger partial charge in [-0.05, 0) is 30.4 Å². The molecule has 0 spiro atoms. The Morgan fingerprint density at radius 2 is 2.08 bits per heavy atom. The summed E-state index contributed by atoms with van der Waals surface area (Å²) in [6.07, 6.45) is 9.51. The van der Waals surface area contributed by atoms with E-state index in [1.165, 1.54) is 25.7 Å². The highest BCUT2D eigenvalue weighted by Crippen LogP contribution is 2.28. The number of benzene rings is 1. The van der Waals surface area contributed by atoms with Gasteiger partial charge in [0, 0.05) is 6.42 Å². The summed E-state index contributed by atoms with van der Waals surface area (Å²) in [5.41, 5.74) is 1.11. The number of rotatable bonds is 8. The third kappa shape index (κ3) is 6.50. The third-order valence-electron chi connectivity index (χ3n) is 4.39. The lowest BCUT2D eigenvalue weighted by Crippen LogP contribution is -2.23. The fourth-order valence-electron chi connectivity index (χ4n) is 3.06. The van der Waals surface area contributed by atoms with Gasteiger partial charge in [-0.15, -0.1) is 6.58 Å². The van der Waals surface area contributed by atoms with Gasteiger partial charge < -0.3 is 10.1 Å². The van der Waals surface area contributed by atoms with Crippen molar-refractivity contribution >= 4 is 5.91 Å². The molecule has 0 aromatic heterocycles. The maximum Gasteiger partial charge on any atom is 0.220 e. The van der Waals surface area contributed by atoms with E-state index in [1.54, 1.807) is 0 Å². The number of ether oxygens (including phenoxy) is 1. The van der Waals surface area contributed by atoms with Crippen molar-refractivity contribution in [3.8, 4) is 17.6 Å². The molecule has 3 nitrogen and oxygen atoms in total. The molecular formula is C21H27NO2. The second-order valence-corrected chi connectivity index (χ2v) is 6.21. The lowest BCUT2D eigenvalue weighted by Gasteiger charge is -2.08. The Balaban J connectivity index is 1.61. The van der Waals surface area contributed by atoms with Gasteiger partial charge in [-0.1, -0.05) is 61.8 Å². The molecular weight excluding hydrogens is 298 g/mol. The lowest BCUT2D eigenvalue weighted by atomic mass is 10.0. The summed E-state index contributed by atoms with van der Waals surface area (Å²) in [5.74, 6) is 7.58. The number of amides is 1. The monoisotopic (exact) mass is 325 g/mol. The van der Waals surface area contributed by atoms with Crippen LogP contribution < -0.4 is 10.1 Å². The van der Waals surface area contributed by atoms with Crippen LogP contribution in [0.1, 0.15) is 44.1 Å². The molecule has 1 aromatic carbocycles. The summed E-state index contributed by atoms with van der Waals surface area (Å²) >= 11 is 0. The Labute approximate surface area is 145 Å². The SMILES string of the molecule is C=CCc1ccccc1OCC#CCNC(=O)CCC1CCCC1. The third-order valence-corrected chi connectivity index (χ3v) is 4.39. The average molecular weight is 325 g/mol. The van der Waals surface area contributed by atoms with E-state index < -0.39 is 0 Å². The quantitative estimate of drug-likeness (QED) is 0.582. The number of carbonyl (C=O) groups is 1. The van der Waals surface area contributed by atoms with E-state index in [9.17, 15) is 4.79 Å². The fourth-order valence-corrected chi connectivity index (χ4v) is 3.06. The van der Waals surface area contributed by atoms with Crippen molar-refractivity contribution in [2.45, 2.75) is 44.9 Å². The highest BCUT2D eigenvalue weighted by atomic mass is 16.5. The van der Waals surface area contributed by atoms with Gasteiger partial charge in [-0.3, -0.25) is 4.79 Å². The molecule has 0 unspecified atom stereocenters. The van der Waals surface area contributed by atoms with Crippen LogP contribution in [-0.4, -0.2) is 19.1 Å². The van der Waals surface area contributed by atoms with Crippen LogP contribution in [-0.2, 0) is 11.2 Å². The van der Waals surface area contributed by atoms with Gasteiger partial charge in [-0.25, -0.2) is 0 Å². The lowest BCUT2D eigenvalue weighted by molar-refractivity contribution is -0.121. The van der Waals surface area contributed by atoms with Gasteiger partial charge in [0.25, 0.3) is 0 Å². The number of hydrogen-bond donors (Lipinski definition) is 1. The van der Waals surface area contributed by atoms with E-state index in [0.717, 1.165) is 30.1 Å². The number of para-hydroxylation sites is 1. The van der Waals surface area contributed by atoms with Crippen LogP contribution in [0.25, 0.3) is 0 Å². The highest BCUT2D eigenvalue weighted by molar-refractivity contribution is 5.76. The minimum absolute atomic E-state index is 0.105. The molecule has 1 aliphatic carbocycles. The number of nitrogens with one attached hydrogen (secondary N) is 1. The first-order valence-corrected chi connectivity index (χ1v) is 8.83. The Morgan fingerprint density at radius 1 is 1.29 bits per heavy atom. The van der Waals surface area contributed by atoms with Crippen LogP contribution in [0.4, 0.5) is 0 Å². The molecule has 0 heterocycles. The number of hydrogen-bond acceptors (Lipinski definition) is 2. The molecule has 1 N–H and O–H groups in total. The van der Waals surface area contributed by atoms with E-state index in [4.69, 9.17) is 4.74 Å². The van der Waals surface area contributed by atoms with Gasteiger partial charge in [0.15, 0.2) is 0 Å². The smallest absolute Gasteiger partial charge is 0.220 e. The standard InChI is InChI=1S/C21H27NO2/c1-2-9-19-12-5-6-13-20(19)24-17-8-7-16-22-21(23)15-14-18-10-3-4-11-18/h2,5-6,12-13,18H,1,3-4,9-11,14-17H2,(H,22,23). The van der Waals surface area contributed by atoms with Crippen molar-refractivity contribution in [1.82, 2.24) is 5.32 Å². The molecule has 0 bridgehead atoms. The van der Waals surface area contributed by atoms with E-state index in [-0.39, 0.29) is 5.91 Å². The first-order chi connectivity index (χ1) is 11.8. The molecule has 1 amide bonds.